The van der Waals surface area contributed by atoms with Gasteiger partial charge in [-0.15, -0.1) is 0 Å². The minimum absolute atomic E-state index is 0.0610. The molecule has 0 saturated carbocycles. The van der Waals surface area contributed by atoms with Crippen LogP contribution in [0.4, 0.5) is 0 Å². The first-order chi connectivity index (χ1) is 16.2. The van der Waals surface area contributed by atoms with Crippen LogP contribution in [0.5, 0.6) is 0 Å². The minimum Gasteiger partial charge on any atom is -0.452 e. The Bertz CT molecular complexity index is 1270. The second kappa shape index (κ2) is 9.85. The van der Waals surface area contributed by atoms with Gasteiger partial charge in [-0.25, -0.2) is 18.2 Å². The Hall–Kier alpha value is -2.75. The highest BCUT2D eigenvalue weighted by atomic mass is 32.2. The molecule has 1 saturated heterocycles. The lowest BCUT2D eigenvalue weighted by atomic mass is 10.1. The third-order valence-electron chi connectivity index (χ3n) is 6.83. The summed E-state index contributed by atoms with van der Waals surface area (Å²) in [5.74, 6) is -0.368. The van der Waals surface area contributed by atoms with Crippen LogP contribution in [-0.2, 0) is 32.3 Å². The fourth-order valence-electron chi connectivity index (χ4n) is 4.83. The van der Waals surface area contributed by atoms with E-state index in [2.05, 4.69) is 4.98 Å². The van der Waals surface area contributed by atoms with Crippen LogP contribution >= 0.6 is 0 Å². The summed E-state index contributed by atoms with van der Waals surface area (Å²) in [6.45, 7) is 3.96. The second-order valence-electron chi connectivity index (χ2n) is 9.22. The molecule has 1 aromatic carbocycles. The summed E-state index contributed by atoms with van der Waals surface area (Å²) >= 11 is 0. The van der Waals surface area contributed by atoms with E-state index < -0.39 is 34.4 Å². The molecule has 1 fully saturated rings. The topological polar surface area (TPSA) is 116 Å². The number of hydrogen-bond acceptors (Lipinski definition) is 7. The van der Waals surface area contributed by atoms with Crippen LogP contribution in [0.15, 0.2) is 23.0 Å². The van der Waals surface area contributed by atoms with Crippen molar-refractivity contribution < 1.29 is 22.7 Å². The number of ether oxygens (including phenoxy) is 1. The predicted octanol–water partition coefficient (Wildman–Crippen LogP) is 2.09. The number of benzene rings is 1. The summed E-state index contributed by atoms with van der Waals surface area (Å²) < 4.78 is 30.9. The van der Waals surface area contributed by atoms with Gasteiger partial charge < -0.3 is 9.64 Å². The Morgan fingerprint density at radius 1 is 1.26 bits per heavy atom. The SMILES string of the molecule is CCC(C)N(C(=O)COC(=O)c1ccc2c(=O)n3c(nc2c1)CCCCC3)C1CCS(=O)(=O)C1. The van der Waals surface area contributed by atoms with Crippen molar-refractivity contribution in [1.29, 1.82) is 0 Å². The standard InChI is InChI=1S/C24H31N3O6S/c1-3-16(2)27(18-10-12-34(31,32)15-18)22(28)14-33-24(30)17-8-9-19-20(13-17)25-21-7-5-4-6-11-26(21)23(19)29/h8-9,13,16,18H,3-7,10-12,14-15H2,1-2H3. The van der Waals surface area contributed by atoms with Crippen molar-refractivity contribution in [2.24, 2.45) is 0 Å². The van der Waals surface area contributed by atoms with E-state index >= 15 is 0 Å². The third-order valence-corrected chi connectivity index (χ3v) is 8.58. The van der Waals surface area contributed by atoms with Gasteiger partial charge in [0, 0.05) is 25.0 Å². The molecule has 0 spiro atoms. The number of amides is 1. The van der Waals surface area contributed by atoms with Crippen LogP contribution < -0.4 is 5.56 Å². The first kappa shape index (κ1) is 24.4. The van der Waals surface area contributed by atoms with Crippen LogP contribution in [0.2, 0.25) is 0 Å². The van der Waals surface area contributed by atoms with Gasteiger partial charge in [0.15, 0.2) is 16.4 Å². The molecule has 2 unspecified atom stereocenters. The molecule has 2 aliphatic rings. The van der Waals surface area contributed by atoms with Gasteiger partial charge in [0.25, 0.3) is 11.5 Å². The van der Waals surface area contributed by atoms with E-state index in [1.54, 1.807) is 15.5 Å². The van der Waals surface area contributed by atoms with Gasteiger partial charge in [0.2, 0.25) is 0 Å². The molecule has 3 heterocycles. The van der Waals surface area contributed by atoms with Crippen LogP contribution in [0, 0.1) is 0 Å². The van der Waals surface area contributed by atoms with Crippen molar-refractivity contribution in [3.05, 3.63) is 39.9 Å². The zero-order valence-corrected chi connectivity index (χ0v) is 20.5. The van der Waals surface area contributed by atoms with Crippen LogP contribution in [0.1, 0.15) is 62.1 Å². The van der Waals surface area contributed by atoms with Gasteiger partial charge in [0.05, 0.1) is 28.0 Å². The molecule has 10 heteroatoms. The van der Waals surface area contributed by atoms with E-state index in [4.69, 9.17) is 4.74 Å². The van der Waals surface area contributed by atoms with Crippen molar-refractivity contribution in [2.45, 2.75) is 71.0 Å². The molecule has 2 atom stereocenters. The number of sulfone groups is 1. The fourth-order valence-corrected chi connectivity index (χ4v) is 6.54. The highest BCUT2D eigenvalue weighted by molar-refractivity contribution is 7.91. The molecular formula is C24H31N3O6S. The van der Waals surface area contributed by atoms with Crippen molar-refractivity contribution in [2.75, 3.05) is 18.1 Å². The van der Waals surface area contributed by atoms with Crippen LogP contribution in [-0.4, -0.2) is 64.9 Å². The summed E-state index contributed by atoms with van der Waals surface area (Å²) in [5, 5.41) is 0.448. The number of rotatable bonds is 6. The summed E-state index contributed by atoms with van der Waals surface area (Å²) in [5.41, 5.74) is 0.549. The normalized spacial score (nSPS) is 20.4. The predicted molar refractivity (Wildman–Crippen MR) is 127 cm³/mol. The van der Waals surface area contributed by atoms with E-state index in [9.17, 15) is 22.8 Å². The number of esters is 1. The summed E-state index contributed by atoms with van der Waals surface area (Å²) in [6.07, 6.45) is 4.73. The fraction of sp³-hybridized carbons (Fsp3) is 0.583. The molecule has 0 radical (unpaired) electrons. The lowest BCUT2D eigenvalue weighted by Gasteiger charge is -2.33. The molecule has 4 rings (SSSR count). The van der Waals surface area contributed by atoms with E-state index in [1.807, 2.05) is 13.8 Å². The number of aryl methyl sites for hydroxylation is 1. The molecule has 1 amide bonds. The zero-order valence-electron chi connectivity index (χ0n) is 19.7. The lowest BCUT2D eigenvalue weighted by molar-refractivity contribution is -0.138. The number of fused-ring (bicyclic) bond motifs is 2. The zero-order chi connectivity index (χ0) is 24.5. The van der Waals surface area contributed by atoms with E-state index in [0.29, 0.717) is 30.3 Å². The quantitative estimate of drug-likeness (QED) is 0.571. The summed E-state index contributed by atoms with van der Waals surface area (Å²) in [4.78, 5) is 44.7. The maximum atomic E-state index is 12.9. The Morgan fingerprint density at radius 2 is 2.06 bits per heavy atom. The largest absolute Gasteiger partial charge is 0.452 e. The van der Waals surface area contributed by atoms with E-state index in [1.165, 1.54) is 12.1 Å². The molecular weight excluding hydrogens is 458 g/mol. The van der Waals surface area contributed by atoms with Gasteiger partial charge in [-0.1, -0.05) is 13.3 Å². The maximum Gasteiger partial charge on any atom is 0.338 e. The lowest BCUT2D eigenvalue weighted by Crippen LogP contribution is -2.48. The number of hydrogen-bond donors (Lipinski definition) is 0. The van der Waals surface area contributed by atoms with Crippen molar-refractivity contribution in [3.63, 3.8) is 0 Å². The minimum atomic E-state index is -3.16. The molecule has 2 aliphatic heterocycles. The Kier molecular flexibility index (Phi) is 7.06. The monoisotopic (exact) mass is 489 g/mol. The first-order valence-electron chi connectivity index (χ1n) is 11.9. The van der Waals surface area contributed by atoms with Gasteiger partial charge in [0.1, 0.15) is 5.82 Å². The highest BCUT2D eigenvalue weighted by Gasteiger charge is 2.36. The van der Waals surface area contributed by atoms with Gasteiger partial charge >= 0.3 is 5.97 Å². The molecule has 1 aromatic heterocycles. The average Bonchev–Trinajstić information content (AvgIpc) is 3.01. The summed E-state index contributed by atoms with van der Waals surface area (Å²) in [6, 6.07) is 4.05. The van der Waals surface area contributed by atoms with Crippen molar-refractivity contribution in [3.8, 4) is 0 Å². The molecule has 184 valence electrons. The molecule has 0 N–H and O–H groups in total. The van der Waals surface area contributed by atoms with Crippen molar-refractivity contribution in [1.82, 2.24) is 14.5 Å². The highest BCUT2D eigenvalue weighted by Crippen LogP contribution is 2.22. The summed E-state index contributed by atoms with van der Waals surface area (Å²) in [7, 11) is -3.16. The number of nitrogens with zero attached hydrogens (tertiary/aromatic N) is 3. The molecule has 0 aliphatic carbocycles. The number of carbonyl (C=O) groups is 2. The van der Waals surface area contributed by atoms with Crippen LogP contribution in [0.3, 0.4) is 0 Å². The maximum absolute atomic E-state index is 12.9. The van der Waals surface area contributed by atoms with Gasteiger partial charge in [-0.05, 0) is 50.8 Å². The van der Waals surface area contributed by atoms with Gasteiger partial charge in [-0.3, -0.25) is 14.2 Å². The Balaban J connectivity index is 1.50. The third kappa shape index (κ3) is 5.01. The van der Waals surface area contributed by atoms with Crippen molar-refractivity contribution >= 4 is 32.6 Å². The number of aromatic nitrogens is 2. The molecule has 0 bridgehead atoms. The Labute approximate surface area is 199 Å². The van der Waals surface area contributed by atoms with E-state index in [0.717, 1.165) is 31.5 Å². The number of carbonyl (C=O) groups excluding carboxylic acids is 2. The smallest absolute Gasteiger partial charge is 0.338 e. The van der Waals surface area contributed by atoms with Crippen LogP contribution in [0.25, 0.3) is 10.9 Å². The molecule has 34 heavy (non-hydrogen) atoms. The second-order valence-corrected chi connectivity index (χ2v) is 11.4. The Morgan fingerprint density at radius 3 is 2.76 bits per heavy atom. The first-order valence-corrected chi connectivity index (χ1v) is 13.7. The van der Waals surface area contributed by atoms with Gasteiger partial charge in [-0.2, -0.15) is 0 Å². The molecule has 2 aromatic rings. The van der Waals surface area contributed by atoms with E-state index in [-0.39, 0.29) is 28.7 Å². The average molecular weight is 490 g/mol. The molecule has 9 nitrogen and oxygen atoms in total.